The average molecular weight is 407 g/mol. The van der Waals surface area contributed by atoms with Crippen LogP contribution in [0.1, 0.15) is 10.4 Å². The number of anilines is 1. The van der Waals surface area contributed by atoms with Crippen LogP contribution in [-0.4, -0.2) is 32.3 Å². The summed E-state index contributed by atoms with van der Waals surface area (Å²) in [5, 5.41) is 25.2. The van der Waals surface area contributed by atoms with Crippen molar-refractivity contribution < 1.29 is 14.7 Å². The number of aromatic nitrogens is 2. The molecule has 0 aliphatic heterocycles. The molecular weight excluding hydrogens is 392 g/mol. The minimum atomic E-state index is -0.258. The van der Waals surface area contributed by atoms with E-state index in [0.29, 0.717) is 49.1 Å². The number of hydrogen-bond acceptors (Lipinski definition) is 4. The van der Waals surface area contributed by atoms with Crippen LogP contribution in [0.4, 0.5) is 11.4 Å². The fraction of sp³-hybridized carbons (Fsp3) is 0. The first kappa shape index (κ1) is 18.5. The van der Waals surface area contributed by atoms with Gasteiger partial charge < -0.3 is 15.7 Å². The Labute approximate surface area is 170 Å². The van der Waals surface area contributed by atoms with Crippen LogP contribution in [0.2, 0.25) is 5.02 Å². The van der Waals surface area contributed by atoms with Gasteiger partial charge in [-0.1, -0.05) is 11.6 Å². The summed E-state index contributed by atoms with van der Waals surface area (Å²) >= 11 is 5.84. The molecule has 0 fully saturated rings. The third-order valence-electron chi connectivity index (χ3n) is 4.41. The van der Waals surface area contributed by atoms with Gasteiger partial charge >= 0.3 is 0 Å². The van der Waals surface area contributed by atoms with E-state index in [0.717, 1.165) is 4.73 Å². The van der Waals surface area contributed by atoms with E-state index in [1.807, 2.05) is 0 Å². The number of benzene rings is 3. The summed E-state index contributed by atoms with van der Waals surface area (Å²) in [5.41, 5.74) is 2.96. The number of fused-ring (bicyclic) bond motifs is 1. The number of amides is 1. The van der Waals surface area contributed by atoms with Crippen molar-refractivity contribution in [1.82, 2.24) is 9.71 Å². The molecule has 0 radical (unpaired) electrons. The maximum atomic E-state index is 12.3. The summed E-state index contributed by atoms with van der Waals surface area (Å²) in [4.78, 5) is 16.7. The Morgan fingerprint density at radius 3 is 2.45 bits per heavy atom. The number of carbonyl (C=O) groups excluding carboxylic acids is 1. The molecule has 7 nitrogen and oxygen atoms in total. The third kappa shape index (κ3) is 3.63. The summed E-state index contributed by atoms with van der Waals surface area (Å²) in [6, 6.07) is 18.2. The molecule has 1 amide bonds. The topological polar surface area (TPSA) is 93.2 Å². The molecule has 0 aliphatic rings. The molecule has 144 valence electrons. The quantitative estimate of drug-likeness (QED) is 0.169. The van der Waals surface area contributed by atoms with Crippen LogP contribution < -0.4 is 5.32 Å². The Kier molecular flexibility index (Phi) is 4.66. The first-order chi connectivity index (χ1) is 13.9. The normalized spacial score (nSPS) is 10.8. The molecule has 1 aromatic heterocycles. The standard InChI is InChI=1S/C21H15ClN4O3/c1-25(28)17-10-11-18-19(12-17)26(29)20(24-18)13-4-8-16(9-5-13)23-21(27)14-2-6-15(22)7-3-14/h2-12,29H,1H2,(H,23,27). The van der Waals surface area contributed by atoms with Crippen molar-refractivity contribution in [2.75, 3.05) is 5.32 Å². The van der Waals surface area contributed by atoms with Crippen molar-refractivity contribution in [1.29, 1.82) is 0 Å². The van der Waals surface area contributed by atoms with Gasteiger partial charge in [0.25, 0.3) is 5.91 Å². The second-order valence-corrected chi connectivity index (χ2v) is 6.77. The smallest absolute Gasteiger partial charge is 0.255 e. The molecule has 0 saturated heterocycles. The monoisotopic (exact) mass is 406 g/mol. The van der Waals surface area contributed by atoms with E-state index in [-0.39, 0.29) is 5.91 Å². The number of halogens is 1. The molecule has 0 aliphatic carbocycles. The molecule has 0 unspecified atom stereocenters. The lowest BCUT2D eigenvalue weighted by Crippen LogP contribution is -2.11. The van der Waals surface area contributed by atoms with Gasteiger partial charge in [0.1, 0.15) is 12.2 Å². The summed E-state index contributed by atoms with van der Waals surface area (Å²) in [6.45, 7) is 3.30. The molecule has 8 heteroatoms. The molecule has 0 atom stereocenters. The van der Waals surface area contributed by atoms with E-state index in [4.69, 9.17) is 11.6 Å². The fourth-order valence-corrected chi connectivity index (χ4v) is 3.03. The summed E-state index contributed by atoms with van der Waals surface area (Å²) in [7, 11) is 0. The van der Waals surface area contributed by atoms with Crippen molar-refractivity contribution in [3.05, 3.63) is 82.5 Å². The van der Waals surface area contributed by atoms with Crippen LogP contribution in [0.15, 0.2) is 66.7 Å². The Hall–Kier alpha value is -3.84. The third-order valence-corrected chi connectivity index (χ3v) is 4.66. The molecule has 0 saturated carbocycles. The first-order valence-electron chi connectivity index (χ1n) is 8.59. The van der Waals surface area contributed by atoms with Gasteiger partial charge in [-0.25, -0.2) is 4.98 Å². The number of imidazole rings is 1. The fourth-order valence-electron chi connectivity index (χ4n) is 2.90. The van der Waals surface area contributed by atoms with Crippen molar-refractivity contribution in [3.8, 4) is 11.4 Å². The molecule has 4 rings (SSSR count). The molecule has 29 heavy (non-hydrogen) atoms. The van der Waals surface area contributed by atoms with Gasteiger partial charge in [0, 0.05) is 34.0 Å². The highest BCUT2D eigenvalue weighted by molar-refractivity contribution is 6.30. The van der Waals surface area contributed by atoms with E-state index in [2.05, 4.69) is 17.0 Å². The molecule has 0 bridgehead atoms. The van der Waals surface area contributed by atoms with E-state index < -0.39 is 0 Å². The Bertz CT molecular complexity index is 1230. The highest BCUT2D eigenvalue weighted by atomic mass is 35.5. The highest BCUT2D eigenvalue weighted by Gasteiger charge is 2.14. The SMILES string of the molecule is C=[N+]([O-])c1ccc2nc(-c3ccc(NC(=O)c4ccc(Cl)cc4)cc3)n(O)c2c1. The van der Waals surface area contributed by atoms with E-state index in [1.165, 1.54) is 6.07 Å². The minimum absolute atomic E-state index is 0.258. The predicted molar refractivity (Wildman–Crippen MR) is 112 cm³/mol. The number of nitrogens with zero attached hydrogens (tertiary/aromatic N) is 3. The summed E-state index contributed by atoms with van der Waals surface area (Å²) in [5.74, 6) is 0.0564. The lowest BCUT2D eigenvalue weighted by atomic mass is 10.1. The van der Waals surface area contributed by atoms with Crippen molar-refractivity contribution in [2.45, 2.75) is 0 Å². The molecular formula is C21H15ClN4O3. The van der Waals surface area contributed by atoms with Gasteiger partial charge in [0.2, 0.25) is 5.69 Å². The maximum Gasteiger partial charge on any atom is 0.255 e. The lowest BCUT2D eigenvalue weighted by molar-refractivity contribution is -0.349. The molecule has 4 aromatic rings. The van der Waals surface area contributed by atoms with Gasteiger partial charge in [-0.2, -0.15) is 9.47 Å². The van der Waals surface area contributed by atoms with Gasteiger partial charge in [-0.15, -0.1) is 0 Å². The van der Waals surface area contributed by atoms with Gasteiger partial charge in [0.05, 0.1) is 5.52 Å². The van der Waals surface area contributed by atoms with Crippen LogP contribution >= 0.6 is 11.6 Å². The second-order valence-electron chi connectivity index (χ2n) is 6.34. The average Bonchev–Trinajstić information content (AvgIpc) is 3.05. The zero-order valence-electron chi connectivity index (χ0n) is 15.0. The number of hydrogen-bond donors (Lipinski definition) is 2. The van der Waals surface area contributed by atoms with Crippen molar-refractivity contribution >= 4 is 46.6 Å². The van der Waals surface area contributed by atoms with Crippen LogP contribution in [-0.2, 0) is 0 Å². The first-order valence-corrected chi connectivity index (χ1v) is 8.97. The highest BCUT2D eigenvalue weighted by Crippen LogP contribution is 2.27. The van der Waals surface area contributed by atoms with Gasteiger partial charge in [-0.3, -0.25) is 4.79 Å². The zero-order chi connectivity index (χ0) is 20.5. The number of rotatable bonds is 4. The Morgan fingerprint density at radius 1 is 1.10 bits per heavy atom. The molecule has 3 aromatic carbocycles. The molecule has 0 spiro atoms. The van der Waals surface area contributed by atoms with Crippen LogP contribution in [0.5, 0.6) is 0 Å². The zero-order valence-corrected chi connectivity index (χ0v) is 15.8. The van der Waals surface area contributed by atoms with Crippen LogP contribution in [0.25, 0.3) is 22.4 Å². The predicted octanol–water partition coefficient (Wildman–Crippen LogP) is 4.69. The second kappa shape index (κ2) is 7.29. The van der Waals surface area contributed by atoms with Crippen LogP contribution in [0, 0.1) is 5.21 Å². The number of carbonyl (C=O) groups is 1. The number of nitrogens with one attached hydrogen (secondary N) is 1. The van der Waals surface area contributed by atoms with Crippen molar-refractivity contribution in [3.63, 3.8) is 0 Å². The maximum absolute atomic E-state index is 12.3. The lowest BCUT2D eigenvalue weighted by Gasteiger charge is -2.07. The van der Waals surface area contributed by atoms with Gasteiger partial charge in [0.15, 0.2) is 5.82 Å². The van der Waals surface area contributed by atoms with E-state index >= 15 is 0 Å². The molecule has 2 N–H and O–H groups in total. The minimum Gasteiger partial charge on any atom is -0.619 e. The Balaban J connectivity index is 1.59. The van der Waals surface area contributed by atoms with Crippen LogP contribution in [0.3, 0.4) is 0 Å². The largest absolute Gasteiger partial charge is 0.619 e. The van der Waals surface area contributed by atoms with E-state index in [9.17, 15) is 15.2 Å². The molecule has 1 heterocycles. The summed E-state index contributed by atoms with van der Waals surface area (Å²) < 4.78 is 1.38. The van der Waals surface area contributed by atoms with Gasteiger partial charge in [-0.05, 0) is 54.6 Å². The van der Waals surface area contributed by atoms with Crippen molar-refractivity contribution in [2.24, 2.45) is 0 Å². The summed E-state index contributed by atoms with van der Waals surface area (Å²) in [6.07, 6.45) is 0. The van der Waals surface area contributed by atoms with E-state index in [1.54, 1.807) is 60.7 Å². The Morgan fingerprint density at radius 2 is 1.79 bits per heavy atom.